The van der Waals surface area contributed by atoms with Gasteiger partial charge in [-0.25, -0.2) is 10.8 Å². The van der Waals surface area contributed by atoms with Gasteiger partial charge >= 0.3 is 0 Å². The molecule has 0 saturated carbocycles. The molecule has 3 rings (SSSR count). The van der Waals surface area contributed by atoms with Gasteiger partial charge in [-0.1, -0.05) is 36.4 Å². The highest BCUT2D eigenvalue weighted by Crippen LogP contribution is 2.24. The van der Waals surface area contributed by atoms with Crippen molar-refractivity contribution in [3.05, 3.63) is 48.5 Å². The Bertz CT molecular complexity index is 661. The average Bonchev–Trinajstić information content (AvgIpc) is 2.38. The van der Waals surface area contributed by atoms with E-state index in [1.807, 2.05) is 24.3 Å². The second-order valence-electron chi connectivity index (χ2n) is 3.70. The standard InChI is InChI=1S/C13H11N3/c14-16-12-8-7-10-6-5-9-3-1-2-4-11(9)13(10)15-12/h1-8H,14H2,(H,15,16). The SMILES string of the molecule is NNc1ccc2ccc3ccccc3c2n1. The van der Waals surface area contributed by atoms with Crippen LogP contribution in [-0.2, 0) is 0 Å². The minimum absolute atomic E-state index is 0.684. The van der Waals surface area contributed by atoms with Gasteiger partial charge in [-0.15, -0.1) is 0 Å². The number of anilines is 1. The summed E-state index contributed by atoms with van der Waals surface area (Å²) >= 11 is 0. The van der Waals surface area contributed by atoms with Crippen LogP contribution in [0.4, 0.5) is 5.82 Å². The maximum Gasteiger partial charge on any atom is 0.140 e. The average molecular weight is 209 g/mol. The number of hydrogen-bond donors (Lipinski definition) is 2. The summed E-state index contributed by atoms with van der Waals surface area (Å²) in [5.41, 5.74) is 3.55. The third kappa shape index (κ3) is 1.30. The first-order chi connectivity index (χ1) is 7.88. The lowest BCUT2D eigenvalue weighted by molar-refractivity contribution is 1.27. The van der Waals surface area contributed by atoms with Crippen molar-refractivity contribution in [2.45, 2.75) is 0 Å². The fraction of sp³-hybridized carbons (Fsp3) is 0. The molecule has 0 aliphatic heterocycles. The summed E-state index contributed by atoms with van der Waals surface area (Å²) in [5, 5.41) is 3.46. The number of aromatic nitrogens is 1. The number of benzene rings is 2. The number of rotatable bonds is 1. The molecule has 16 heavy (non-hydrogen) atoms. The first-order valence-corrected chi connectivity index (χ1v) is 5.13. The lowest BCUT2D eigenvalue weighted by Gasteiger charge is -2.05. The minimum Gasteiger partial charge on any atom is -0.308 e. The fourth-order valence-electron chi connectivity index (χ4n) is 1.94. The van der Waals surface area contributed by atoms with Crippen molar-refractivity contribution < 1.29 is 0 Å². The number of nitrogens with one attached hydrogen (secondary N) is 1. The molecule has 3 N–H and O–H groups in total. The molecule has 0 spiro atoms. The van der Waals surface area contributed by atoms with Crippen molar-refractivity contribution in [3.63, 3.8) is 0 Å². The van der Waals surface area contributed by atoms with Crippen LogP contribution in [0.1, 0.15) is 0 Å². The molecule has 3 heteroatoms. The van der Waals surface area contributed by atoms with E-state index >= 15 is 0 Å². The van der Waals surface area contributed by atoms with Gasteiger partial charge in [0.2, 0.25) is 0 Å². The van der Waals surface area contributed by atoms with Crippen molar-refractivity contribution in [1.82, 2.24) is 4.98 Å². The Morgan fingerprint density at radius 1 is 0.875 bits per heavy atom. The number of nitrogens with zero attached hydrogens (tertiary/aromatic N) is 1. The van der Waals surface area contributed by atoms with Gasteiger partial charge in [0.1, 0.15) is 5.82 Å². The Morgan fingerprint density at radius 2 is 1.62 bits per heavy atom. The lowest BCUT2D eigenvalue weighted by atomic mass is 10.1. The molecule has 0 fully saturated rings. The molecule has 1 aromatic heterocycles. The van der Waals surface area contributed by atoms with Crippen LogP contribution < -0.4 is 11.3 Å². The highest BCUT2D eigenvalue weighted by molar-refractivity contribution is 6.05. The van der Waals surface area contributed by atoms with Crippen LogP contribution >= 0.6 is 0 Å². The number of nitrogens with two attached hydrogens (primary N) is 1. The Hall–Kier alpha value is -2.13. The molecule has 0 bridgehead atoms. The van der Waals surface area contributed by atoms with Gasteiger partial charge in [0.25, 0.3) is 0 Å². The second-order valence-corrected chi connectivity index (χ2v) is 3.70. The molecule has 0 amide bonds. The molecule has 2 aromatic carbocycles. The van der Waals surface area contributed by atoms with Gasteiger partial charge in [-0.2, -0.15) is 0 Å². The van der Waals surface area contributed by atoms with E-state index in [-0.39, 0.29) is 0 Å². The molecule has 0 aliphatic rings. The zero-order chi connectivity index (χ0) is 11.0. The largest absolute Gasteiger partial charge is 0.308 e. The van der Waals surface area contributed by atoms with E-state index in [2.05, 4.69) is 34.7 Å². The summed E-state index contributed by atoms with van der Waals surface area (Å²) < 4.78 is 0. The molecule has 1 heterocycles. The van der Waals surface area contributed by atoms with E-state index in [1.54, 1.807) is 0 Å². The lowest BCUT2D eigenvalue weighted by Crippen LogP contribution is -2.08. The van der Waals surface area contributed by atoms with E-state index in [4.69, 9.17) is 5.84 Å². The number of hydrogen-bond acceptors (Lipinski definition) is 3. The quantitative estimate of drug-likeness (QED) is 0.368. The summed E-state index contributed by atoms with van der Waals surface area (Å²) in [5.74, 6) is 6.06. The van der Waals surface area contributed by atoms with E-state index in [1.165, 1.54) is 5.39 Å². The van der Waals surface area contributed by atoms with Crippen molar-refractivity contribution in [2.24, 2.45) is 5.84 Å². The number of nitrogen functional groups attached to an aromatic ring is 1. The van der Waals surface area contributed by atoms with Gasteiger partial charge in [0.15, 0.2) is 0 Å². The molecule has 0 unspecified atom stereocenters. The summed E-state index contributed by atoms with van der Waals surface area (Å²) in [6, 6.07) is 16.3. The van der Waals surface area contributed by atoms with Crippen molar-refractivity contribution in [2.75, 3.05) is 5.43 Å². The van der Waals surface area contributed by atoms with Crippen molar-refractivity contribution in [3.8, 4) is 0 Å². The van der Waals surface area contributed by atoms with Gasteiger partial charge in [-0.05, 0) is 17.5 Å². The zero-order valence-corrected chi connectivity index (χ0v) is 8.64. The Labute approximate surface area is 92.9 Å². The third-order valence-electron chi connectivity index (χ3n) is 2.73. The molecule has 3 nitrogen and oxygen atoms in total. The highest BCUT2D eigenvalue weighted by Gasteiger charge is 2.01. The molecule has 0 radical (unpaired) electrons. The van der Waals surface area contributed by atoms with Crippen LogP contribution in [0.2, 0.25) is 0 Å². The van der Waals surface area contributed by atoms with Crippen LogP contribution in [-0.4, -0.2) is 4.98 Å². The molecule has 0 aliphatic carbocycles. The second kappa shape index (κ2) is 3.47. The maximum absolute atomic E-state index is 5.37. The van der Waals surface area contributed by atoms with Crippen LogP contribution in [0.5, 0.6) is 0 Å². The zero-order valence-electron chi connectivity index (χ0n) is 8.64. The number of fused-ring (bicyclic) bond motifs is 3. The monoisotopic (exact) mass is 209 g/mol. The fourth-order valence-corrected chi connectivity index (χ4v) is 1.94. The molecular weight excluding hydrogens is 198 g/mol. The van der Waals surface area contributed by atoms with Gasteiger partial charge < -0.3 is 5.43 Å². The first-order valence-electron chi connectivity index (χ1n) is 5.13. The summed E-state index contributed by atoms with van der Waals surface area (Å²) in [7, 11) is 0. The van der Waals surface area contributed by atoms with Crippen LogP contribution in [0.25, 0.3) is 21.7 Å². The van der Waals surface area contributed by atoms with E-state index in [0.717, 1.165) is 16.3 Å². The van der Waals surface area contributed by atoms with Crippen LogP contribution in [0.3, 0.4) is 0 Å². The van der Waals surface area contributed by atoms with E-state index < -0.39 is 0 Å². The predicted octanol–water partition coefficient (Wildman–Crippen LogP) is 2.67. The normalized spacial score (nSPS) is 10.8. The van der Waals surface area contributed by atoms with Crippen LogP contribution in [0, 0.1) is 0 Å². The Balaban J connectivity index is 2.47. The Morgan fingerprint density at radius 3 is 2.50 bits per heavy atom. The van der Waals surface area contributed by atoms with Gasteiger partial charge in [-0.3, -0.25) is 0 Å². The predicted molar refractivity (Wildman–Crippen MR) is 67.1 cm³/mol. The van der Waals surface area contributed by atoms with E-state index in [9.17, 15) is 0 Å². The smallest absolute Gasteiger partial charge is 0.140 e. The van der Waals surface area contributed by atoms with Gasteiger partial charge in [0, 0.05) is 10.8 Å². The van der Waals surface area contributed by atoms with Gasteiger partial charge in [0.05, 0.1) is 5.52 Å². The molecule has 0 saturated heterocycles. The summed E-state index contributed by atoms with van der Waals surface area (Å²) in [4.78, 5) is 4.49. The van der Waals surface area contributed by atoms with Crippen LogP contribution in [0.15, 0.2) is 48.5 Å². The molecule has 3 aromatic rings. The topological polar surface area (TPSA) is 50.9 Å². The van der Waals surface area contributed by atoms with Crippen molar-refractivity contribution >= 4 is 27.5 Å². The highest BCUT2D eigenvalue weighted by atomic mass is 15.2. The Kier molecular flexibility index (Phi) is 1.98. The third-order valence-corrected chi connectivity index (χ3v) is 2.73. The molecule has 0 atom stereocenters. The summed E-state index contributed by atoms with van der Waals surface area (Å²) in [6.45, 7) is 0. The molecular formula is C13H11N3. The number of pyridine rings is 1. The first kappa shape index (κ1) is 9.12. The van der Waals surface area contributed by atoms with Crippen molar-refractivity contribution in [1.29, 1.82) is 0 Å². The van der Waals surface area contributed by atoms with E-state index in [0.29, 0.717) is 5.82 Å². The number of hydrazine groups is 1. The minimum atomic E-state index is 0.684. The molecule has 78 valence electrons. The maximum atomic E-state index is 5.37. The summed E-state index contributed by atoms with van der Waals surface area (Å²) in [6.07, 6.45) is 0.